The molecule has 2 aromatic heterocycles. The van der Waals surface area contributed by atoms with Crippen LogP contribution in [0.4, 0.5) is 17.1 Å². The number of fused-ring (bicyclic) bond motifs is 9. The van der Waals surface area contributed by atoms with Crippen molar-refractivity contribution in [3.05, 3.63) is 253 Å². The molecule has 0 spiro atoms. The first-order chi connectivity index (χ1) is 35.5. The van der Waals surface area contributed by atoms with E-state index in [0.717, 1.165) is 84.4 Å². The first-order valence-corrected chi connectivity index (χ1v) is 24.7. The Bertz CT molecular complexity index is 4040. The van der Waals surface area contributed by atoms with E-state index in [1.165, 1.54) is 44.5 Å². The molecule has 0 N–H and O–H groups in total. The average molecular weight is 923 g/mol. The van der Waals surface area contributed by atoms with Gasteiger partial charge in [0, 0.05) is 44.1 Å². The van der Waals surface area contributed by atoms with E-state index < -0.39 is 0 Å². The van der Waals surface area contributed by atoms with Crippen molar-refractivity contribution in [2.75, 3.05) is 4.90 Å². The third-order valence-electron chi connectivity index (χ3n) is 14.9. The molecule has 0 aliphatic heterocycles. The molecule has 0 atom stereocenters. The summed E-state index contributed by atoms with van der Waals surface area (Å²) in [6.45, 7) is 4.72. The molecule has 5 heteroatoms. The van der Waals surface area contributed by atoms with Crippen LogP contribution in [0, 0.1) is 0 Å². The van der Waals surface area contributed by atoms with Crippen molar-refractivity contribution in [2.24, 2.45) is 0 Å². The molecule has 2 heterocycles. The number of para-hydroxylation sites is 2. The SMILES string of the molecule is CC1(C)c2ccccc2-c2cccc(N(c3cccc(-c4ccccc4)c3)c3cccc4c3oc3c(-c5ccc6c(c5)-c5c(cccc5-c5nc(-c7ccccc7)nc(-c7ccccc7)n5)C6)cccc34)c21. The lowest BCUT2D eigenvalue weighted by atomic mass is 9.81. The number of furan rings is 1. The molecule has 0 bridgehead atoms. The third kappa shape index (κ3) is 6.65. The smallest absolute Gasteiger partial charge is 0.164 e. The Morgan fingerprint density at radius 2 is 0.958 bits per heavy atom. The Morgan fingerprint density at radius 1 is 0.389 bits per heavy atom. The molecule has 2 aliphatic carbocycles. The summed E-state index contributed by atoms with van der Waals surface area (Å²) in [6.07, 6.45) is 0.825. The third-order valence-corrected chi connectivity index (χ3v) is 14.9. The van der Waals surface area contributed by atoms with Gasteiger partial charge in [-0.1, -0.05) is 214 Å². The summed E-state index contributed by atoms with van der Waals surface area (Å²) in [5, 5.41) is 2.14. The molecule has 0 fully saturated rings. The fourth-order valence-electron chi connectivity index (χ4n) is 11.6. The molecule has 10 aromatic carbocycles. The second kappa shape index (κ2) is 16.5. The van der Waals surface area contributed by atoms with Crippen LogP contribution in [-0.2, 0) is 11.8 Å². The zero-order valence-electron chi connectivity index (χ0n) is 39.8. The molecule has 0 unspecified atom stereocenters. The molecule has 0 amide bonds. The first kappa shape index (κ1) is 41.8. The molecule has 0 radical (unpaired) electrons. The fraction of sp³-hybridized carbons (Fsp3) is 0.0597. The minimum Gasteiger partial charge on any atom is -0.453 e. The summed E-state index contributed by atoms with van der Waals surface area (Å²) in [6, 6.07) is 82.1. The Balaban J connectivity index is 0.934. The number of anilines is 3. The van der Waals surface area contributed by atoms with Gasteiger partial charge in [0.15, 0.2) is 23.1 Å². The molecular formula is C67H46N4O. The van der Waals surface area contributed by atoms with E-state index in [1.54, 1.807) is 0 Å². The second-order valence-corrected chi connectivity index (χ2v) is 19.5. The van der Waals surface area contributed by atoms with Crippen molar-refractivity contribution in [3.8, 4) is 78.7 Å². The number of rotatable bonds is 8. The van der Waals surface area contributed by atoms with E-state index >= 15 is 0 Å². The van der Waals surface area contributed by atoms with Crippen LogP contribution in [0.25, 0.3) is 101 Å². The molecular weight excluding hydrogens is 877 g/mol. The van der Waals surface area contributed by atoms with E-state index in [9.17, 15) is 0 Å². The van der Waals surface area contributed by atoms with E-state index in [2.05, 4.69) is 213 Å². The zero-order chi connectivity index (χ0) is 47.9. The normalized spacial score (nSPS) is 12.9. The van der Waals surface area contributed by atoms with E-state index in [-0.39, 0.29) is 5.41 Å². The maximum Gasteiger partial charge on any atom is 0.164 e. The number of nitrogens with zero attached hydrogens (tertiary/aromatic N) is 4. The van der Waals surface area contributed by atoms with Gasteiger partial charge >= 0.3 is 0 Å². The van der Waals surface area contributed by atoms with Gasteiger partial charge in [-0.25, -0.2) is 15.0 Å². The van der Waals surface area contributed by atoms with Crippen LogP contribution < -0.4 is 4.90 Å². The van der Waals surface area contributed by atoms with Crippen molar-refractivity contribution in [1.82, 2.24) is 15.0 Å². The van der Waals surface area contributed by atoms with Crippen LogP contribution >= 0.6 is 0 Å². The highest BCUT2D eigenvalue weighted by Crippen LogP contribution is 2.55. The van der Waals surface area contributed by atoms with Gasteiger partial charge in [-0.3, -0.25) is 0 Å². The number of hydrogen-bond donors (Lipinski definition) is 0. The molecule has 14 rings (SSSR count). The maximum atomic E-state index is 7.36. The highest BCUT2D eigenvalue weighted by molar-refractivity contribution is 6.14. The van der Waals surface area contributed by atoms with Gasteiger partial charge in [0.2, 0.25) is 0 Å². The highest BCUT2D eigenvalue weighted by Gasteiger charge is 2.39. The van der Waals surface area contributed by atoms with Crippen LogP contribution in [0.1, 0.15) is 36.1 Å². The van der Waals surface area contributed by atoms with Gasteiger partial charge in [-0.15, -0.1) is 0 Å². The Kier molecular flexibility index (Phi) is 9.55. The van der Waals surface area contributed by atoms with E-state index in [0.29, 0.717) is 17.5 Å². The Morgan fingerprint density at radius 3 is 1.72 bits per heavy atom. The van der Waals surface area contributed by atoms with Crippen LogP contribution in [0.5, 0.6) is 0 Å². The molecule has 2 aliphatic rings. The highest BCUT2D eigenvalue weighted by atomic mass is 16.3. The Labute approximate surface area is 418 Å². The molecule has 5 nitrogen and oxygen atoms in total. The zero-order valence-corrected chi connectivity index (χ0v) is 39.8. The maximum absolute atomic E-state index is 7.36. The van der Waals surface area contributed by atoms with Gasteiger partial charge in [0.1, 0.15) is 5.58 Å². The van der Waals surface area contributed by atoms with Crippen molar-refractivity contribution in [1.29, 1.82) is 0 Å². The fourth-order valence-corrected chi connectivity index (χ4v) is 11.6. The summed E-state index contributed by atoms with van der Waals surface area (Å²) >= 11 is 0. The second-order valence-electron chi connectivity index (χ2n) is 19.5. The summed E-state index contributed by atoms with van der Waals surface area (Å²) in [4.78, 5) is 17.8. The van der Waals surface area contributed by atoms with Crippen LogP contribution in [0.15, 0.2) is 235 Å². The predicted octanol–water partition coefficient (Wildman–Crippen LogP) is 17.5. The topological polar surface area (TPSA) is 55.1 Å². The minimum absolute atomic E-state index is 0.253. The predicted molar refractivity (Wildman–Crippen MR) is 295 cm³/mol. The van der Waals surface area contributed by atoms with Gasteiger partial charge in [0.25, 0.3) is 0 Å². The monoisotopic (exact) mass is 922 g/mol. The van der Waals surface area contributed by atoms with Gasteiger partial charge in [-0.05, 0) is 98.0 Å². The molecule has 0 saturated heterocycles. The lowest BCUT2D eigenvalue weighted by Gasteiger charge is -2.32. The van der Waals surface area contributed by atoms with Gasteiger partial charge in [0.05, 0.1) is 11.4 Å². The van der Waals surface area contributed by atoms with Gasteiger partial charge < -0.3 is 9.32 Å². The average Bonchev–Trinajstić information content (AvgIpc) is 4.09. The van der Waals surface area contributed by atoms with Crippen molar-refractivity contribution in [2.45, 2.75) is 25.7 Å². The molecule has 72 heavy (non-hydrogen) atoms. The minimum atomic E-state index is -0.253. The van der Waals surface area contributed by atoms with Crippen LogP contribution in [-0.4, -0.2) is 15.0 Å². The molecule has 12 aromatic rings. The van der Waals surface area contributed by atoms with E-state index in [1.807, 2.05) is 36.4 Å². The van der Waals surface area contributed by atoms with E-state index in [4.69, 9.17) is 19.4 Å². The van der Waals surface area contributed by atoms with Crippen molar-refractivity contribution < 1.29 is 4.42 Å². The number of hydrogen-bond acceptors (Lipinski definition) is 5. The van der Waals surface area contributed by atoms with Crippen molar-refractivity contribution >= 4 is 39.0 Å². The number of aromatic nitrogens is 3. The summed E-state index contributed by atoms with van der Waals surface area (Å²) in [5.74, 6) is 1.95. The largest absolute Gasteiger partial charge is 0.453 e. The Hall–Kier alpha value is -9.19. The quantitative estimate of drug-likeness (QED) is 0.152. The number of benzene rings is 10. The lowest BCUT2D eigenvalue weighted by Crippen LogP contribution is -2.20. The summed E-state index contributed by atoms with van der Waals surface area (Å²) < 4.78 is 7.36. The summed E-state index contributed by atoms with van der Waals surface area (Å²) in [7, 11) is 0. The lowest BCUT2D eigenvalue weighted by molar-refractivity contribution is 0.659. The first-order valence-electron chi connectivity index (χ1n) is 24.7. The van der Waals surface area contributed by atoms with Crippen LogP contribution in [0.3, 0.4) is 0 Å². The molecule has 0 saturated carbocycles. The van der Waals surface area contributed by atoms with Crippen molar-refractivity contribution in [3.63, 3.8) is 0 Å². The molecule has 340 valence electrons. The van der Waals surface area contributed by atoms with Crippen LogP contribution in [0.2, 0.25) is 0 Å². The van der Waals surface area contributed by atoms with Gasteiger partial charge in [-0.2, -0.15) is 0 Å². The summed E-state index contributed by atoms with van der Waals surface area (Å²) in [5.41, 5.74) is 22.0. The standard InChI is InChI=1S/C67H46N4O/c1-67(2)57-34-13-12-28-51(57)52-30-17-35-58(61(52)67)71(49-27-14-25-45(40-49)42-19-6-3-7-20-42)59-36-18-32-54-53-31-16-29-50(62(53)72-63(54)59)47-38-37-46-39-48-26-15-33-55(60(48)56(46)41-47)66-69-64(43-21-8-4-9-22-43)68-65(70-66)44-23-10-5-11-24-44/h3-38,40-41H,39H2,1-2H3.